The van der Waals surface area contributed by atoms with Crippen molar-refractivity contribution >= 4 is 21.6 Å². The monoisotopic (exact) mass is 485 g/mol. The van der Waals surface area contributed by atoms with Gasteiger partial charge in [-0.15, -0.1) is 0 Å². The summed E-state index contributed by atoms with van der Waals surface area (Å²) in [6.07, 6.45) is -1.96. The van der Waals surface area contributed by atoms with Crippen LogP contribution in [0.2, 0.25) is 0 Å². The van der Waals surface area contributed by atoms with Crippen molar-refractivity contribution < 1.29 is 13.5 Å². The molecule has 162 valence electrons. The molecule has 0 radical (unpaired) electrons. The fourth-order valence-corrected chi connectivity index (χ4v) is 4.84. The minimum atomic E-state index is -2.63. The molecule has 0 amide bonds. The molecule has 1 aliphatic rings. The van der Waals surface area contributed by atoms with E-state index >= 15 is 8.78 Å². The van der Waals surface area contributed by atoms with Gasteiger partial charge in [-0.2, -0.15) is 0 Å². The van der Waals surface area contributed by atoms with E-state index in [0.29, 0.717) is 35.8 Å². The van der Waals surface area contributed by atoms with Crippen molar-refractivity contribution in [1.82, 2.24) is 0 Å². The van der Waals surface area contributed by atoms with Gasteiger partial charge in [0.2, 0.25) is 0 Å². The lowest BCUT2D eigenvalue weighted by atomic mass is 9.75. The van der Waals surface area contributed by atoms with E-state index in [4.69, 9.17) is 4.74 Å². The number of methoxy groups -OCH3 is 1. The van der Waals surface area contributed by atoms with Crippen LogP contribution < -0.4 is 9.64 Å². The third-order valence-corrected chi connectivity index (χ3v) is 6.75. The fraction of sp³-hybridized carbons (Fsp3) is 0.308. The van der Waals surface area contributed by atoms with Gasteiger partial charge in [-0.1, -0.05) is 60.1 Å². The van der Waals surface area contributed by atoms with Crippen LogP contribution in [0.4, 0.5) is 14.5 Å². The van der Waals surface area contributed by atoms with Crippen molar-refractivity contribution in [2.24, 2.45) is 0 Å². The Balaban J connectivity index is 1.96. The Morgan fingerprint density at radius 2 is 1.65 bits per heavy atom. The normalized spacial score (nSPS) is 18.4. The first-order valence-corrected chi connectivity index (χ1v) is 11.3. The number of fused-ring (bicyclic) bond motifs is 1. The van der Waals surface area contributed by atoms with Crippen LogP contribution in [0.3, 0.4) is 0 Å². The topological polar surface area (TPSA) is 12.5 Å². The summed E-state index contributed by atoms with van der Waals surface area (Å²) in [5.41, 5.74) is 2.51. The number of hydrogen-bond donors (Lipinski definition) is 0. The van der Waals surface area contributed by atoms with E-state index in [-0.39, 0.29) is 0 Å². The van der Waals surface area contributed by atoms with Crippen LogP contribution in [0.15, 0.2) is 71.2 Å². The predicted octanol–water partition coefficient (Wildman–Crippen LogP) is 7.15. The minimum Gasteiger partial charge on any atom is -0.497 e. The van der Waals surface area contributed by atoms with Gasteiger partial charge in [0, 0.05) is 16.7 Å². The maximum Gasteiger partial charge on any atom is 0.269 e. The van der Waals surface area contributed by atoms with Crippen LogP contribution in [0.5, 0.6) is 5.75 Å². The first-order chi connectivity index (χ1) is 14.9. The van der Waals surface area contributed by atoms with Gasteiger partial charge < -0.3 is 9.64 Å². The molecule has 5 heteroatoms. The molecule has 1 unspecified atom stereocenters. The van der Waals surface area contributed by atoms with E-state index in [0.717, 1.165) is 15.7 Å². The molecule has 0 aromatic heterocycles. The molecule has 0 bridgehead atoms. The summed E-state index contributed by atoms with van der Waals surface area (Å²) in [6.45, 7) is 4.75. The van der Waals surface area contributed by atoms with Gasteiger partial charge in [-0.05, 0) is 71.0 Å². The Labute approximate surface area is 191 Å². The SMILES string of the molecule is COc1ccc2c(c1)CCN(c1ccc(C(C)C)cc1)C2(c1ccc(Br)cc1)C(F)F. The molecule has 0 saturated heterocycles. The molecule has 1 aliphatic heterocycles. The lowest BCUT2D eigenvalue weighted by Crippen LogP contribution is -2.56. The standard InChI is InChI=1S/C26H26BrF2NO/c1-17(2)18-4-10-22(11-5-18)30-15-14-19-16-23(31-3)12-13-24(19)26(30,25(28)29)20-6-8-21(27)9-7-20/h4-13,16-17,25H,14-15H2,1-3H3. The number of halogens is 3. The smallest absolute Gasteiger partial charge is 0.269 e. The van der Waals surface area contributed by atoms with Gasteiger partial charge in [-0.3, -0.25) is 0 Å². The second kappa shape index (κ2) is 8.62. The maximum absolute atomic E-state index is 15.3. The predicted molar refractivity (Wildman–Crippen MR) is 126 cm³/mol. The number of benzene rings is 3. The molecule has 0 fully saturated rings. The molecule has 0 aliphatic carbocycles. The lowest BCUT2D eigenvalue weighted by Gasteiger charge is -2.49. The zero-order valence-electron chi connectivity index (χ0n) is 17.9. The third kappa shape index (κ3) is 3.73. The number of anilines is 1. The molecule has 1 atom stereocenters. The number of rotatable bonds is 5. The van der Waals surface area contributed by atoms with E-state index in [1.54, 1.807) is 31.4 Å². The van der Waals surface area contributed by atoms with Crippen LogP contribution in [-0.2, 0) is 12.0 Å². The highest BCUT2D eigenvalue weighted by Crippen LogP contribution is 2.48. The van der Waals surface area contributed by atoms with Crippen molar-refractivity contribution in [3.05, 3.63) is 93.5 Å². The summed E-state index contributed by atoms with van der Waals surface area (Å²) in [5.74, 6) is 1.07. The van der Waals surface area contributed by atoms with E-state index in [1.165, 1.54) is 5.56 Å². The number of hydrogen-bond acceptors (Lipinski definition) is 2. The Morgan fingerprint density at radius 1 is 0.968 bits per heavy atom. The Morgan fingerprint density at radius 3 is 2.23 bits per heavy atom. The quantitative estimate of drug-likeness (QED) is 0.380. The molecule has 2 nitrogen and oxygen atoms in total. The Bertz CT molecular complexity index is 1050. The highest BCUT2D eigenvalue weighted by atomic mass is 79.9. The molecule has 0 spiro atoms. The first kappa shape index (κ1) is 21.8. The molecule has 0 saturated carbocycles. The van der Waals surface area contributed by atoms with Gasteiger partial charge in [0.15, 0.2) is 5.54 Å². The van der Waals surface area contributed by atoms with Crippen molar-refractivity contribution in [2.75, 3.05) is 18.6 Å². The zero-order chi connectivity index (χ0) is 22.2. The lowest BCUT2D eigenvalue weighted by molar-refractivity contribution is 0.0653. The van der Waals surface area contributed by atoms with Crippen LogP contribution in [-0.4, -0.2) is 20.1 Å². The Hall–Kier alpha value is -2.40. The van der Waals surface area contributed by atoms with Gasteiger partial charge in [0.05, 0.1) is 7.11 Å². The number of alkyl halides is 2. The highest BCUT2D eigenvalue weighted by molar-refractivity contribution is 9.10. The number of nitrogens with zero attached hydrogens (tertiary/aromatic N) is 1. The molecule has 4 rings (SSSR count). The maximum atomic E-state index is 15.3. The summed E-state index contributed by atoms with van der Waals surface area (Å²) in [5, 5.41) is 0. The highest BCUT2D eigenvalue weighted by Gasteiger charge is 2.51. The second-order valence-corrected chi connectivity index (χ2v) is 9.16. The molecule has 31 heavy (non-hydrogen) atoms. The van der Waals surface area contributed by atoms with Gasteiger partial charge >= 0.3 is 0 Å². The van der Waals surface area contributed by atoms with E-state index in [2.05, 4.69) is 29.8 Å². The molecular formula is C26H26BrF2NO. The minimum absolute atomic E-state index is 0.384. The largest absolute Gasteiger partial charge is 0.497 e. The second-order valence-electron chi connectivity index (χ2n) is 8.24. The Kier molecular flexibility index (Phi) is 6.07. The van der Waals surface area contributed by atoms with Gasteiger partial charge in [0.25, 0.3) is 6.43 Å². The van der Waals surface area contributed by atoms with Gasteiger partial charge in [-0.25, -0.2) is 8.78 Å². The molecular weight excluding hydrogens is 460 g/mol. The molecule has 0 N–H and O–H groups in total. The summed E-state index contributed by atoms with van der Waals surface area (Å²) in [4.78, 5) is 1.87. The summed E-state index contributed by atoms with van der Waals surface area (Å²) >= 11 is 3.44. The summed E-state index contributed by atoms with van der Waals surface area (Å²) < 4.78 is 36.8. The van der Waals surface area contributed by atoms with E-state index in [9.17, 15) is 0 Å². The summed E-state index contributed by atoms with van der Waals surface area (Å²) in [7, 11) is 1.60. The van der Waals surface area contributed by atoms with E-state index < -0.39 is 12.0 Å². The molecule has 3 aromatic rings. The van der Waals surface area contributed by atoms with Crippen LogP contribution >= 0.6 is 15.9 Å². The average Bonchev–Trinajstić information content (AvgIpc) is 2.78. The average molecular weight is 486 g/mol. The van der Waals surface area contributed by atoms with Crippen molar-refractivity contribution in [3.8, 4) is 5.75 Å². The van der Waals surface area contributed by atoms with Crippen LogP contribution in [0, 0.1) is 0 Å². The van der Waals surface area contributed by atoms with Crippen molar-refractivity contribution in [1.29, 1.82) is 0 Å². The van der Waals surface area contributed by atoms with Crippen LogP contribution in [0.1, 0.15) is 42.0 Å². The van der Waals surface area contributed by atoms with E-state index in [1.807, 2.05) is 47.4 Å². The van der Waals surface area contributed by atoms with Crippen LogP contribution in [0.25, 0.3) is 0 Å². The summed E-state index contributed by atoms with van der Waals surface area (Å²) in [6, 6.07) is 20.8. The van der Waals surface area contributed by atoms with Gasteiger partial charge in [0.1, 0.15) is 5.75 Å². The zero-order valence-corrected chi connectivity index (χ0v) is 19.5. The third-order valence-electron chi connectivity index (χ3n) is 6.23. The first-order valence-electron chi connectivity index (χ1n) is 10.5. The molecule has 1 heterocycles. The molecule has 3 aromatic carbocycles. The van der Waals surface area contributed by atoms with Crippen molar-refractivity contribution in [3.63, 3.8) is 0 Å². The van der Waals surface area contributed by atoms with Crippen molar-refractivity contribution in [2.45, 2.75) is 38.2 Å². The fourth-order valence-electron chi connectivity index (χ4n) is 4.58. The number of ether oxygens (including phenoxy) is 1.